The Hall–Kier alpha value is -2.63. The number of nitrogens with one attached hydrogen (secondary N) is 1. The van der Waals surface area contributed by atoms with Crippen LogP contribution in [0.1, 0.15) is 23.5 Å². The normalized spacial score (nSPS) is 18.7. The van der Waals surface area contributed by atoms with Crippen molar-refractivity contribution in [1.29, 1.82) is 0 Å². The van der Waals surface area contributed by atoms with E-state index in [1.165, 1.54) is 12.1 Å². The number of amides is 1. The maximum atomic E-state index is 12.3. The number of carbonyl (C=O) groups excluding carboxylic acids is 1. The first-order valence-electron chi connectivity index (χ1n) is 8.03. The van der Waals surface area contributed by atoms with Crippen molar-refractivity contribution in [3.8, 4) is 11.5 Å². The smallest absolute Gasteiger partial charge is 0.387 e. The fourth-order valence-corrected chi connectivity index (χ4v) is 2.91. The number of alkyl halides is 2. The highest BCUT2D eigenvalue weighted by molar-refractivity contribution is 5.83. The standard InChI is InChI=1S/C19H19F2NO3/c1-24-17-5-3-2-4-14(17)15-10-16(15)18(23)22-11-12-6-8-13(9-7-12)25-19(20)21/h2-9,15-16,19H,10-11H2,1H3,(H,22,23)/t15-,16-/m0/s1. The average Bonchev–Trinajstić information content (AvgIpc) is 3.41. The monoisotopic (exact) mass is 347 g/mol. The molecular formula is C19H19F2NO3. The molecule has 0 radical (unpaired) electrons. The molecule has 0 spiro atoms. The van der Waals surface area contributed by atoms with Gasteiger partial charge in [0, 0.05) is 12.5 Å². The Morgan fingerprint density at radius 2 is 1.92 bits per heavy atom. The molecule has 1 saturated carbocycles. The fourth-order valence-electron chi connectivity index (χ4n) is 2.91. The molecular weight excluding hydrogens is 328 g/mol. The summed E-state index contributed by atoms with van der Waals surface area (Å²) in [6.45, 7) is -2.49. The van der Waals surface area contributed by atoms with E-state index >= 15 is 0 Å². The molecule has 0 aromatic heterocycles. The Morgan fingerprint density at radius 3 is 2.60 bits per heavy atom. The molecule has 1 aliphatic carbocycles. The van der Waals surface area contributed by atoms with Gasteiger partial charge in [-0.3, -0.25) is 4.79 Å². The lowest BCUT2D eigenvalue weighted by molar-refractivity contribution is -0.122. The summed E-state index contributed by atoms with van der Waals surface area (Å²) in [6, 6.07) is 14.0. The lowest BCUT2D eigenvalue weighted by atomic mass is 10.1. The van der Waals surface area contributed by atoms with Gasteiger partial charge in [0.15, 0.2) is 0 Å². The van der Waals surface area contributed by atoms with Gasteiger partial charge in [-0.1, -0.05) is 30.3 Å². The minimum atomic E-state index is -2.84. The van der Waals surface area contributed by atoms with Gasteiger partial charge in [-0.05, 0) is 41.7 Å². The van der Waals surface area contributed by atoms with Gasteiger partial charge in [0.05, 0.1) is 7.11 Å². The lowest BCUT2D eigenvalue weighted by Gasteiger charge is -2.09. The molecule has 2 aromatic carbocycles. The molecule has 0 saturated heterocycles. The summed E-state index contributed by atoms with van der Waals surface area (Å²) < 4.78 is 33.9. The number of methoxy groups -OCH3 is 1. The molecule has 0 aliphatic heterocycles. The maximum absolute atomic E-state index is 12.3. The van der Waals surface area contributed by atoms with Crippen molar-refractivity contribution in [3.63, 3.8) is 0 Å². The van der Waals surface area contributed by atoms with Crippen molar-refractivity contribution in [3.05, 3.63) is 59.7 Å². The summed E-state index contributed by atoms with van der Waals surface area (Å²) >= 11 is 0. The molecule has 1 N–H and O–H groups in total. The van der Waals surface area contributed by atoms with E-state index in [1.54, 1.807) is 19.2 Å². The molecule has 6 heteroatoms. The van der Waals surface area contributed by atoms with E-state index in [4.69, 9.17) is 4.74 Å². The van der Waals surface area contributed by atoms with Crippen LogP contribution in [-0.4, -0.2) is 19.6 Å². The number of halogens is 2. The third-order valence-electron chi connectivity index (χ3n) is 4.28. The van der Waals surface area contributed by atoms with Gasteiger partial charge in [0.1, 0.15) is 11.5 Å². The highest BCUT2D eigenvalue weighted by Gasteiger charge is 2.45. The van der Waals surface area contributed by atoms with Crippen molar-refractivity contribution in [2.45, 2.75) is 25.5 Å². The zero-order chi connectivity index (χ0) is 17.8. The number of rotatable bonds is 7. The van der Waals surface area contributed by atoms with Gasteiger partial charge >= 0.3 is 6.61 Å². The summed E-state index contributed by atoms with van der Waals surface area (Å²) in [5.41, 5.74) is 1.88. The van der Waals surface area contributed by atoms with Crippen LogP contribution in [0.15, 0.2) is 48.5 Å². The molecule has 3 rings (SSSR count). The molecule has 1 fully saturated rings. The molecule has 1 aliphatic rings. The highest BCUT2D eigenvalue weighted by atomic mass is 19.3. The van der Waals surface area contributed by atoms with E-state index in [0.717, 1.165) is 23.3 Å². The number of hydrogen-bond acceptors (Lipinski definition) is 3. The summed E-state index contributed by atoms with van der Waals surface area (Å²) in [5, 5.41) is 2.89. The van der Waals surface area contributed by atoms with Crippen LogP contribution in [0.3, 0.4) is 0 Å². The van der Waals surface area contributed by atoms with Crippen molar-refractivity contribution in [2.75, 3.05) is 7.11 Å². The third-order valence-corrected chi connectivity index (χ3v) is 4.28. The van der Waals surface area contributed by atoms with Gasteiger partial charge in [-0.15, -0.1) is 0 Å². The largest absolute Gasteiger partial charge is 0.496 e. The molecule has 0 unspecified atom stereocenters. The van der Waals surface area contributed by atoms with Gasteiger partial charge in [0.25, 0.3) is 0 Å². The third kappa shape index (κ3) is 4.26. The zero-order valence-corrected chi connectivity index (χ0v) is 13.7. The number of hydrogen-bond donors (Lipinski definition) is 1. The van der Waals surface area contributed by atoms with Crippen LogP contribution < -0.4 is 14.8 Å². The van der Waals surface area contributed by atoms with E-state index in [-0.39, 0.29) is 23.5 Å². The number of benzene rings is 2. The Balaban J connectivity index is 1.52. The van der Waals surface area contributed by atoms with Crippen LogP contribution in [0.25, 0.3) is 0 Å². The molecule has 0 bridgehead atoms. The second-order valence-electron chi connectivity index (χ2n) is 5.93. The van der Waals surface area contributed by atoms with E-state index in [9.17, 15) is 13.6 Å². The van der Waals surface area contributed by atoms with E-state index in [1.807, 2.05) is 24.3 Å². The van der Waals surface area contributed by atoms with Crippen molar-refractivity contribution < 1.29 is 23.0 Å². The quantitative estimate of drug-likeness (QED) is 0.830. The molecule has 2 atom stereocenters. The van der Waals surface area contributed by atoms with Crippen LogP contribution in [0.2, 0.25) is 0 Å². The lowest BCUT2D eigenvalue weighted by Crippen LogP contribution is -2.24. The van der Waals surface area contributed by atoms with Crippen LogP contribution in [-0.2, 0) is 11.3 Å². The summed E-state index contributed by atoms with van der Waals surface area (Å²) in [6.07, 6.45) is 0.799. The SMILES string of the molecule is COc1ccccc1[C@@H]1C[C@@H]1C(=O)NCc1ccc(OC(F)F)cc1. The summed E-state index contributed by atoms with van der Waals surface area (Å²) in [4.78, 5) is 12.3. The van der Waals surface area contributed by atoms with E-state index in [0.29, 0.717) is 6.54 Å². The van der Waals surface area contributed by atoms with Gasteiger partial charge in [-0.25, -0.2) is 0 Å². The van der Waals surface area contributed by atoms with Crippen molar-refractivity contribution in [2.24, 2.45) is 5.92 Å². The zero-order valence-electron chi connectivity index (χ0n) is 13.7. The van der Waals surface area contributed by atoms with Gasteiger partial charge in [-0.2, -0.15) is 8.78 Å². The second-order valence-corrected chi connectivity index (χ2v) is 5.93. The molecule has 4 nitrogen and oxygen atoms in total. The number of para-hydroxylation sites is 1. The van der Waals surface area contributed by atoms with Crippen LogP contribution in [0.5, 0.6) is 11.5 Å². The number of ether oxygens (including phenoxy) is 2. The van der Waals surface area contributed by atoms with Crippen LogP contribution >= 0.6 is 0 Å². The maximum Gasteiger partial charge on any atom is 0.387 e. The molecule has 132 valence electrons. The minimum absolute atomic E-state index is 0.0104. The number of carbonyl (C=O) groups is 1. The van der Waals surface area contributed by atoms with E-state index < -0.39 is 6.61 Å². The topological polar surface area (TPSA) is 47.6 Å². The van der Waals surface area contributed by atoms with Gasteiger partial charge < -0.3 is 14.8 Å². The molecule has 25 heavy (non-hydrogen) atoms. The van der Waals surface area contributed by atoms with Crippen molar-refractivity contribution in [1.82, 2.24) is 5.32 Å². The predicted octanol–water partition coefficient (Wildman–Crippen LogP) is 3.72. The Kier molecular flexibility index (Phi) is 5.16. The van der Waals surface area contributed by atoms with Crippen LogP contribution in [0, 0.1) is 5.92 Å². The van der Waals surface area contributed by atoms with Crippen LogP contribution in [0.4, 0.5) is 8.78 Å². The summed E-state index contributed by atoms with van der Waals surface area (Å²) in [5.74, 6) is 1.01. The predicted molar refractivity (Wildman–Crippen MR) is 88.8 cm³/mol. The molecule has 1 amide bonds. The van der Waals surface area contributed by atoms with Crippen molar-refractivity contribution >= 4 is 5.91 Å². The van der Waals surface area contributed by atoms with Gasteiger partial charge in [0.2, 0.25) is 5.91 Å². The first-order valence-corrected chi connectivity index (χ1v) is 8.03. The second kappa shape index (κ2) is 7.51. The first-order chi connectivity index (χ1) is 12.1. The Labute approximate surface area is 144 Å². The Bertz CT molecular complexity index is 734. The highest BCUT2D eigenvalue weighted by Crippen LogP contribution is 2.50. The Morgan fingerprint density at radius 1 is 1.20 bits per heavy atom. The minimum Gasteiger partial charge on any atom is -0.496 e. The molecule has 0 heterocycles. The fraction of sp³-hybridized carbons (Fsp3) is 0.316. The van der Waals surface area contributed by atoms with E-state index in [2.05, 4.69) is 10.1 Å². The average molecular weight is 347 g/mol. The molecule has 2 aromatic rings. The first kappa shape index (κ1) is 17.2. The summed E-state index contributed by atoms with van der Waals surface area (Å²) in [7, 11) is 1.62.